The molecule has 0 radical (unpaired) electrons. The normalized spacial score (nSPS) is 13.1. The Morgan fingerprint density at radius 2 is 2.09 bits per heavy atom. The van der Waals surface area contributed by atoms with Crippen LogP contribution in [0.15, 0.2) is 18.2 Å². The van der Waals surface area contributed by atoms with E-state index in [2.05, 4.69) is 0 Å². The van der Waals surface area contributed by atoms with Crippen molar-refractivity contribution < 1.29 is 19.0 Å². The summed E-state index contributed by atoms with van der Waals surface area (Å²) in [6.07, 6.45) is 0.745. The molecule has 1 aromatic rings. The van der Waals surface area contributed by atoms with Gasteiger partial charge in [0.05, 0.1) is 12.0 Å². The van der Waals surface area contributed by atoms with Crippen LogP contribution in [0.1, 0.15) is 20.3 Å². The summed E-state index contributed by atoms with van der Waals surface area (Å²) in [5, 5.41) is 0. The van der Waals surface area contributed by atoms with Crippen LogP contribution in [0.5, 0.6) is 17.2 Å². The predicted molar refractivity (Wildman–Crippen MR) is 84.8 cm³/mol. The minimum atomic E-state index is -0.533. The molecule has 0 unspecified atom stereocenters. The maximum Gasteiger partial charge on any atom is 0.231 e. The number of alkyl halides is 1. The molecule has 0 saturated heterocycles. The third kappa shape index (κ3) is 3.97. The van der Waals surface area contributed by atoms with Crippen molar-refractivity contribution in [3.8, 4) is 17.2 Å². The zero-order valence-electron chi connectivity index (χ0n) is 13.2. The van der Waals surface area contributed by atoms with E-state index in [-0.39, 0.29) is 12.7 Å². The highest BCUT2D eigenvalue weighted by Crippen LogP contribution is 2.35. The van der Waals surface area contributed by atoms with Crippen molar-refractivity contribution in [3.05, 3.63) is 18.2 Å². The molecule has 0 spiro atoms. The quantitative estimate of drug-likeness (QED) is 0.570. The maximum atomic E-state index is 12.2. The van der Waals surface area contributed by atoms with Crippen LogP contribution in [0.25, 0.3) is 0 Å². The molecule has 122 valence electrons. The second kappa shape index (κ2) is 7.09. The Kier molecular flexibility index (Phi) is 5.40. The molecule has 0 N–H and O–H groups in total. The Morgan fingerprint density at radius 3 is 2.82 bits per heavy atom. The molecular formula is C16H22ClNO4. The highest BCUT2D eigenvalue weighted by atomic mass is 35.5. The second-order valence-electron chi connectivity index (χ2n) is 5.96. The van der Waals surface area contributed by atoms with Gasteiger partial charge < -0.3 is 19.1 Å². The standard InChI is InChI=1S/C16H22ClNO4/c1-16(2,10-17)15(19)18(3)7-4-8-20-12-5-6-13-14(9-12)22-11-21-13/h5-6,9H,4,7-8,10-11H2,1-3H3. The first-order valence-electron chi connectivity index (χ1n) is 7.28. The van der Waals surface area contributed by atoms with Crippen LogP contribution >= 0.6 is 11.6 Å². The van der Waals surface area contributed by atoms with Crippen molar-refractivity contribution in [1.82, 2.24) is 4.90 Å². The minimum absolute atomic E-state index is 0.0468. The number of rotatable bonds is 7. The van der Waals surface area contributed by atoms with Gasteiger partial charge in [-0.3, -0.25) is 4.79 Å². The Bertz CT molecular complexity index is 533. The zero-order valence-corrected chi connectivity index (χ0v) is 14.0. The average molecular weight is 328 g/mol. The maximum absolute atomic E-state index is 12.2. The molecule has 1 aromatic carbocycles. The fraction of sp³-hybridized carbons (Fsp3) is 0.562. The summed E-state index contributed by atoms with van der Waals surface area (Å²) in [4.78, 5) is 13.9. The molecular weight excluding hydrogens is 306 g/mol. The lowest BCUT2D eigenvalue weighted by Gasteiger charge is -2.27. The molecule has 0 fully saturated rings. The Balaban J connectivity index is 1.74. The van der Waals surface area contributed by atoms with E-state index < -0.39 is 5.41 Å². The van der Waals surface area contributed by atoms with Crippen molar-refractivity contribution in [2.75, 3.05) is 32.9 Å². The SMILES string of the molecule is CN(CCCOc1ccc2c(c1)OCO2)C(=O)C(C)(C)CCl. The molecule has 1 aliphatic heterocycles. The topological polar surface area (TPSA) is 48.0 Å². The van der Waals surface area contributed by atoms with Crippen molar-refractivity contribution >= 4 is 17.5 Å². The van der Waals surface area contributed by atoms with E-state index in [1.807, 2.05) is 32.0 Å². The first-order chi connectivity index (χ1) is 10.4. The third-order valence-electron chi connectivity index (χ3n) is 3.51. The largest absolute Gasteiger partial charge is 0.493 e. The number of amides is 1. The Labute approximate surface area is 136 Å². The summed E-state index contributed by atoms with van der Waals surface area (Å²) >= 11 is 5.83. The Morgan fingerprint density at radius 1 is 1.36 bits per heavy atom. The van der Waals surface area contributed by atoms with Crippen LogP contribution in [-0.2, 0) is 4.79 Å². The van der Waals surface area contributed by atoms with Gasteiger partial charge in [-0.15, -0.1) is 11.6 Å². The lowest BCUT2D eigenvalue weighted by Crippen LogP contribution is -2.40. The van der Waals surface area contributed by atoms with E-state index in [1.54, 1.807) is 11.9 Å². The summed E-state index contributed by atoms with van der Waals surface area (Å²) in [5.41, 5.74) is -0.533. The first-order valence-corrected chi connectivity index (χ1v) is 7.81. The molecule has 1 amide bonds. The van der Waals surface area contributed by atoms with Gasteiger partial charge >= 0.3 is 0 Å². The van der Waals surface area contributed by atoms with Gasteiger partial charge in [0.2, 0.25) is 12.7 Å². The van der Waals surface area contributed by atoms with Crippen LogP contribution in [-0.4, -0.2) is 43.7 Å². The molecule has 5 nitrogen and oxygen atoms in total. The van der Waals surface area contributed by atoms with E-state index in [0.717, 1.165) is 17.9 Å². The van der Waals surface area contributed by atoms with Gasteiger partial charge in [-0.1, -0.05) is 0 Å². The van der Waals surface area contributed by atoms with Crippen LogP contribution in [0.2, 0.25) is 0 Å². The van der Waals surface area contributed by atoms with E-state index in [0.29, 0.717) is 24.8 Å². The summed E-state index contributed by atoms with van der Waals surface area (Å²) in [7, 11) is 1.79. The van der Waals surface area contributed by atoms with Gasteiger partial charge in [0, 0.05) is 25.5 Å². The number of fused-ring (bicyclic) bond motifs is 1. The van der Waals surface area contributed by atoms with Crippen molar-refractivity contribution in [1.29, 1.82) is 0 Å². The van der Waals surface area contributed by atoms with E-state index in [9.17, 15) is 4.79 Å². The monoisotopic (exact) mass is 327 g/mol. The number of hydrogen-bond acceptors (Lipinski definition) is 4. The lowest BCUT2D eigenvalue weighted by molar-refractivity contribution is -0.137. The number of carbonyl (C=O) groups excluding carboxylic acids is 1. The number of benzene rings is 1. The number of hydrogen-bond donors (Lipinski definition) is 0. The van der Waals surface area contributed by atoms with Crippen LogP contribution in [0.3, 0.4) is 0 Å². The van der Waals surface area contributed by atoms with E-state index in [1.165, 1.54) is 0 Å². The van der Waals surface area contributed by atoms with Crippen molar-refractivity contribution in [3.63, 3.8) is 0 Å². The molecule has 22 heavy (non-hydrogen) atoms. The van der Waals surface area contributed by atoms with Gasteiger partial charge in [0.25, 0.3) is 0 Å². The second-order valence-corrected chi connectivity index (χ2v) is 6.23. The number of halogens is 1. The van der Waals surface area contributed by atoms with Crippen LogP contribution in [0.4, 0.5) is 0 Å². The average Bonchev–Trinajstić information content (AvgIpc) is 2.98. The fourth-order valence-corrected chi connectivity index (χ4v) is 2.25. The summed E-state index contributed by atoms with van der Waals surface area (Å²) in [6.45, 7) is 5.11. The number of ether oxygens (including phenoxy) is 3. The molecule has 0 aromatic heterocycles. The molecule has 1 aliphatic rings. The van der Waals surface area contributed by atoms with Gasteiger partial charge in [-0.2, -0.15) is 0 Å². The van der Waals surface area contributed by atoms with E-state index >= 15 is 0 Å². The number of carbonyl (C=O) groups is 1. The van der Waals surface area contributed by atoms with Crippen LogP contribution in [0, 0.1) is 5.41 Å². The number of nitrogens with zero attached hydrogens (tertiary/aromatic N) is 1. The third-order valence-corrected chi connectivity index (χ3v) is 4.18. The zero-order chi connectivity index (χ0) is 16.2. The van der Waals surface area contributed by atoms with Crippen molar-refractivity contribution in [2.24, 2.45) is 5.41 Å². The van der Waals surface area contributed by atoms with Gasteiger partial charge in [0.1, 0.15) is 5.75 Å². The predicted octanol–water partition coefficient (Wildman–Crippen LogP) is 2.91. The lowest BCUT2D eigenvalue weighted by atomic mass is 9.94. The van der Waals surface area contributed by atoms with Gasteiger partial charge in [-0.25, -0.2) is 0 Å². The van der Waals surface area contributed by atoms with Gasteiger partial charge in [-0.05, 0) is 32.4 Å². The molecule has 0 bridgehead atoms. The minimum Gasteiger partial charge on any atom is -0.493 e. The molecule has 2 rings (SSSR count). The highest BCUT2D eigenvalue weighted by Gasteiger charge is 2.29. The molecule has 6 heteroatoms. The smallest absolute Gasteiger partial charge is 0.231 e. The molecule has 1 heterocycles. The van der Waals surface area contributed by atoms with Crippen molar-refractivity contribution in [2.45, 2.75) is 20.3 Å². The summed E-state index contributed by atoms with van der Waals surface area (Å²) in [5.74, 6) is 2.53. The molecule has 0 saturated carbocycles. The molecule has 0 aliphatic carbocycles. The van der Waals surface area contributed by atoms with E-state index in [4.69, 9.17) is 25.8 Å². The molecule has 0 atom stereocenters. The Hall–Kier alpha value is -1.62. The summed E-state index contributed by atoms with van der Waals surface area (Å²) in [6, 6.07) is 5.49. The first kappa shape index (κ1) is 16.7. The van der Waals surface area contributed by atoms with Crippen LogP contribution < -0.4 is 14.2 Å². The summed E-state index contributed by atoms with van der Waals surface area (Å²) < 4.78 is 16.2. The van der Waals surface area contributed by atoms with Gasteiger partial charge in [0.15, 0.2) is 11.5 Å². The fourth-order valence-electron chi connectivity index (χ4n) is 2.13. The highest BCUT2D eigenvalue weighted by molar-refractivity contribution is 6.19.